The molecule has 1 aliphatic heterocycles. The number of furan rings is 1. The number of nitrogens with zero attached hydrogens (tertiary/aromatic N) is 1. The predicted molar refractivity (Wildman–Crippen MR) is 79.7 cm³/mol. The van der Waals surface area contributed by atoms with Crippen molar-refractivity contribution in [2.45, 2.75) is 31.6 Å². The summed E-state index contributed by atoms with van der Waals surface area (Å²) in [5, 5.41) is 8.87. The van der Waals surface area contributed by atoms with Crippen molar-refractivity contribution in [3.63, 3.8) is 0 Å². The van der Waals surface area contributed by atoms with Gasteiger partial charge in [-0.1, -0.05) is 13.8 Å². The number of hydrogen-bond donors (Lipinski definition) is 1. The summed E-state index contributed by atoms with van der Waals surface area (Å²) in [4.78, 5) is 10.7. The third kappa shape index (κ3) is 3.32. The molecule has 0 radical (unpaired) electrons. The molecule has 8 heteroatoms. The lowest BCUT2D eigenvalue weighted by atomic mass is 9.87. The lowest BCUT2D eigenvalue weighted by Crippen LogP contribution is -2.39. The van der Waals surface area contributed by atoms with Crippen LogP contribution in [0, 0.1) is 11.8 Å². The summed E-state index contributed by atoms with van der Waals surface area (Å²) in [6, 6.07) is 1.05. The van der Waals surface area contributed by atoms with Gasteiger partial charge in [-0.3, -0.25) is 0 Å². The molecule has 0 aliphatic carbocycles. The van der Waals surface area contributed by atoms with Gasteiger partial charge in [-0.25, -0.2) is 13.2 Å². The van der Waals surface area contributed by atoms with E-state index in [1.54, 1.807) is 0 Å². The van der Waals surface area contributed by atoms with E-state index in [2.05, 4.69) is 29.8 Å². The maximum absolute atomic E-state index is 12.6. The Balaban J connectivity index is 2.21. The number of carboxylic acid groups (broad SMARTS) is 1. The van der Waals surface area contributed by atoms with Gasteiger partial charge in [0, 0.05) is 19.2 Å². The van der Waals surface area contributed by atoms with Gasteiger partial charge in [0.1, 0.15) is 4.90 Å². The summed E-state index contributed by atoms with van der Waals surface area (Å²) < 4.78 is 31.4. The SMILES string of the molecule is CC(C)C1CCN(S(=O)(=O)c2cc(C(=O)O)oc2Br)CC1. The van der Waals surface area contributed by atoms with E-state index in [1.807, 2.05) is 0 Å². The molecule has 1 fully saturated rings. The average Bonchev–Trinajstić information content (AvgIpc) is 2.82. The number of sulfonamides is 1. The van der Waals surface area contributed by atoms with Gasteiger partial charge in [0.05, 0.1) is 0 Å². The van der Waals surface area contributed by atoms with Gasteiger partial charge in [0.15, 0.2) is 4.67 Å². The van der Waals surface area contributed by atoms with Crippen molar-refractivity contribution < 1.29 is 22.7 Å². The standard InChI is InChI=1S/C13H18BrNO5S/c1-8(2)9-3-5-15(6-4-9)21(18,19)11-7-10(13(16)17)20-12(11)14/h7-9H,3-6H2,1-2H3,(H,16,17). The quantitative estimate of drug-likeness (QED) is 0.868. The summed E-state index contributed by atoms with van der Waals surface area (Å²) in [7, 11) is -3.73. The number of hydrogen-bond acceptors (Lipinski definition) is 4. The molecule has 0 spiro atoms. The summed E-state index contributed by atoms with van der Waals surface area (Å²) in [6.07, 6.45) is 1.64. The van der Waals surface area contributed by atoms with Crippen LogP contribution < -0.4 is 0 Å². The van der Waals surface area contributed by atoms with Gasteiger partial charge in [-0.2, -0.15) is 4.31 Å². The summed E-state index contributed by atoms with van der Waals surface area (Å²) in [5.41, 5.74) is 0. The van der Waals surface area contributed by atoms with E-state index in [9.17, 15) is 13.2 Å². The van der Waals surface area contributed by atoms with Crippen LogP contribution in [0.2, 0.25) is 0 Å². The number of piperidine rings is 1. The monoisotopic (exact) mass is 379 g/mol. The van der Waals surface area contributed by atoms with Gasteiger partial charge >= 0.3 is 5.97 Å². The van der Waals surface area contributed by atoms with Gasteiger partial charge in [0.25, 0.3) is 0 Å². The van der Waals surface area contributed by atoms with E-state index >= 15 is 0 Å². The predicted octanol–water partition coefficient (Wildman–Crippen LogP) is 2.80. The Morgan fingerprint density at radius 3 is 2.43 bits per heavy atom. The maximum Gasteiger partial charge on any atom is 0.371 e. The molecular formula is C13H18BrNO5S. The van der Waals surface area contributed by atoms with Gasteiger partial charge < -0.3 is 9.52 Å². The van der Waals surface area contributed by atoms with Crippen LogP contribution in [0.5, 0.6) is 0 Å². The second kappa shape index (κ2) is 6.10. The minimum Gasteiger partial charge on any atom is -0.475 e. The van der Waals surface area contributed by atoms with Crippen LogP contribution >= 0.6 is 15.9 Å². The van der Waals surface area contributed by atoms with Crippen LogP contribution in [-0.4, -0.2) is 36.9 Å². The lowest BCUT2D eigenvalue weighted by molar-refractivity contribution is 0.0661. The number of halogens is 1. The van der Waals surface area contributed by atoms with Crippen molar-refractivity contribution >= 4 is 31.9 Å². The second-order valence-electron chi connectivity index (χ2n) is 5.54. The van der Waals surface area contributed by atoms with E-state index < -0.39 is 21.8 Å². The fraction of sp³-hybridized carbons (Fsp3) is 0.615. The third-order valence-corrected chi connectivity index (χ3v) is 6.68. The van der Waals surface area contributed by atoms with Crippen molar-refractivity contribution in [2.75, 3.05) is 13.1 Å². The molecule has 6 nitrogen and oxygen atoms in total. The highest BCUT2D eigenvalue weighted by molar-refractivity contribution is 9.10. The molecule has 1 N–H and O–H groups in total. The normalized spacial score (nSPS) is 18.3. The Bertz CT molecular complexity index is 629. The zero-order chi connectivity index (χ0) is 15.8. The van der Waals surface area contributed by atoms with E-state index in [0.717, 1.165) is 18.9 Å². The highest BCUT2D eigenvalue weighted by Gasteiger charge is 2.34. The van der Waals surface area contributed by atoms with E-state index in [1.165, 1.54) is 4.31 Å². The molecule has 0 bridgehead atoms. The molecule has 2 heterocycles. The van der Waals surface area contributed by atoms with E-state index in [-0.39, 0.29) is 9.56 Å². The largest absolute Gasteiger partial charge is 0.475 e. The van der Waals surface area contributed by atoms with Crippen molar-refractivity contribution in [1.29, 1.82) is 0 Å². The zero-order valence-corrected chi connectivity index (χ0v) is 14.3. The molecule has 1 saturated heterocycles. The van der Waals surface area contributed by atoms with Gasteiger partial charge in [-0.05, 0) is 40.6 Å². The van der Waals surface area contributed by atoms with E-state index in [0.29, 0.717) is 24.9 Å². The number of rotatable bonds is 4. The molecule has 1 aromatic rings. The summed E-state index contributed by atoms with van der Waals surface area (Å²) in [5.74, 6) is -0.624. The Morgan fingerprint density at radius 2 is 2.00 bits per heavy atom. The van der Waals surface area contributed by atoms with Gasteiger partial charge in [0.2, 0.25) is 15.8 Å². The first-order chi connectivity index (χ1) is 9.73. The molecule has 1 aliphatic rings. The topological polar surface area (TPSA) is 87.8 Å². The van der Waals surface area contributed by atoms with Crippen LogP contribution in [0.25, 0.3) is 0 Å². The zero-order valence-electron chi connectivity index (χ0n) is 11.9. The molecule has 0 amide bonds. The molecule has 1 aromatic heterocycles. The first-order valence-electron chi connectivity index (χ1n) is 6.76. The Kier molecular flexibility index (Phi) is 4.79. The van der Waals surface area contributed by atoms with Crippen molar-refractivity contribution in [2.24, 2.45) is 11.8 Å². The lowest BCUT2D eigenvalue weighted by Gasteiger charge is -2.32. The molecule has 0 unspecified atom stereocenters. The van der Waals surface area contributed by atoms with Crippen LogP contribution in [0.1, 0.15) is 37.2 Å². The first kappa shape index (κ1) is 16.5. The molecule has 0 saturated carbocycles. The highest BCUT2D eigenvalue weighted by Crippen LogP contribution is 2.32. The van der Waals surface area contributed by atoms with Crippen LogP contribution in [-0.2, 0) is 10.0 Å². The molecule has 0 aromatic carbocycles. The number of carbonyl (C=O) groups is 1. The van der Waals surface area contributed by atoms with Crippen LogP contribution in [0.15, 0.2) is 20.0 Å². The smallest absolute Gasteiger partial charge is 0.371 e. The van der Waals surface area contributed by atoms with Crippen molar-refractivity contribution in [3.05, 3.63) is 16.5 Å². The van der Waals surface area contributed by atoms with Gasteiger partial charge in [-0.15, -0.1) is 0 Å². The Labute approximate surface area is 132 Å². The third-order valence-electron chi connectivity index (χ3n) is 3.93. The Hall–Kier alpha value is -0.860. The highest BCUT2D eigenvalue weighted by atomic mass is 79.9. The second-order valence-corrected chi connectivity index (χ2v) is 8.17. The number of aromatic carboxylic acids is 1. The van der Waals surface area contributed by atoms with Crippen molar-refractivity contribution in [3.8, 4) is 0 Å². The molecule has 0 atom stereocenters. The molecule has 118 valence electrons. The van der Waals surface area contributed by atoms with Crippen LogP contribution in [0.3, 0.4) is 0 Å². The fourth-order valence-corrected chi connectivity index (χ4v) is 4.93. The first-order valence-corrected chi connectivity index (χ1v) is 8.99. The number of carboxylic acids is 1. The molecule has 21 heavy (non-hydrogen) atoms. The summed E-state index contributed by atoms with van der Waals surface area (Å²) >= 11 is 2.99. The summed E-state index contributed by atoms with van der Waals surface area (Å²) in [6.45, 7) is 5.18. The average molecular weight is 380 g/mol. The van der Waals surface area contributed by atoms with Crippen LogP contribution in [0.4, 0.5) is 0 Å². The Morgan fingerprint density at radius 1 is 1.43 bits per heavy atom. The van der Waals surface area contributed by atoms with Crippen molar-refractivity contribution in [1.82, 2.24) is 4.31 Å². The minimum absolute atomic E-state index is 0.0640. The minimum atomic E-state index is -3.73. The van der Waals surface area contributed by atoms with E-state index in [4.69, 9.17) is 9.52 Å². The molecular weight excluding hydrogens is 362 g/mol. The molecule has 2 rings (SSSR count). The maximum atomic E-state index is 12.6. The fourth-order valence-electron chi connectivity index (χ4n) is 2.56.